The molecular formula is C6H10N2O3. The average molecular weight is 158 g/mol. The molecular weight excluding hydrogens is 148 g/mol. The average Bonchev–Trinajstić information content (AvgIpc) is 2.34. The lowest BCUT2D eigenvalue weighted by atomic mass is 10.1. The van der Waals surface area contributed by atoms with Crippen LogP contribution in [-0.2, 0) is 9.59 Å². The summed E-state index contributed by atoms with van der Waals surface area (Å²) in [4.78, 5) is 21.6. The van der Waals surface area contributed by atoms with Crippen LogP contribution >= 0.6 is 0 Å². The topological polar surface area (TPSA) is 69.6 Å². The molecule has 1 atom stereocenters. The number of carbonyl (C=O) groups excluding carboxylic acids is 2. The Kier molecular flexibility index (Phi) is 2.09. The molecule has 2 N–H and O–H groups in total. The summed E-state index contributed by atoms with van der Waals surface area (Å²) in [5.41, 5.74) is 0. The molecule has 1 unspecified atom stereocenters. The molecule has 0 aliphatic carbocycles. The monoisotopic (exact) mass is 158 g/mol. The van der Waals surface area contributed by atoms with Crippen molar-refractivity contribution in [1.82, 2.24) is 10.4 Å². The van der Waals surface area contributed by atoms with Crippen LogP contribution in [0.25, 0.3) is 0 Å². The number of nitrogens with zero attached hydrogens (tertiary/aromatic N) is 1. The van der Waals surface area contributed by atoms with Crippen LogP contribution in [0.4, 0.5) is 0 Å². The molecule has 0 saturated carbocycles. The summed E-state index contributed by atoms with van der Waals surface area (Å²) in [6, 6.07) is 0. The van der Waals surface area contributed by atoms with Crippen molar-refractivity contribution < 1.29 is 14.8 Å². The first-order valence-corrected chi connectivity index (χ1v) is 3.34. The number of nitrogens with one attached hydrogen (secondary N) is 1. The zero-order valence-corrected chi connectivity index (χ0v) is 6.20. The number of rotatable bonds is 1. The molecule has 1 heterocycles. The normalized spacial score (nSPS) is 23.1. The second-order valence-corrected chi connectivity index (χ2v) is 2.57. The summed E-state index contributed by atoms with van der Waals surface area (Å²) in [5, 5.41) is 11.7. The lowest BCUT2D eigenvalue weighted by Crippen LogP contribution is -2.31. The highest BCUT2D eigenvalue weighted by molar-refractivity contribution is 5.88. The van der Waals surface area contributed by atoms with Crippen LogP contribution in [0.15, 0.2) is 0 Å². The fourth-order valence-electron chi connectivity index (χ4n) is 1.04. The van der Waals surface area contributed by atoms with Gasteiger partial charge in [-0.2, -0.15) is 0 Å². The fraction of sp³-hybridized carbons (Fsp3) is 0.667. The Bertz CT molecular complexity index is 190. The van der Waals surface area contributed by atoms with Crippen LogP contribution in [0.5, 0.6) is 0 Å². The Hall–Kier alpha value is -1.10. The standard InChI is InChI=1S/C6H10N2O3/c1-8(11)6(10)4-2-5(9)7-3-4/h4,11H,2-3H2,1H3,(H,7,9). The maximum atomic E-state index is 11.0. The van der Waals surface area contributed by atoms with Crippen LogP contribution < -0.4 is 5.32 Å². The second kappa shape index (κ2) is 2.87. The number of amides is 2. The van der Waals surface area contributed by atoms with Crippen molar-refractivity contribution in [3.8, 4) is 0 Å². The summed E-state index contributed by atoms with van der Waals surface area (Å²) < 4.78 is 0. The van der Waals surface area contributed by atoms with Gasteiger partial charge in [0.05, 0.1) is 5.92 Å². The smallest absolute Gasteiger partial charge is 0.251 e. The molecule has 0 aromatic carbocycles. The summed E-state index contributed by atoms with van der Waals surface area (Å²) >= 11 is 0. The van der Waals surface area contributed by atoms with Crippen LogP contribution in [0.2, 0.25) is 0 Å². The molecule has 62 valence electrons. The lowest BCUT2D eigenvalue weighted by molar-refractivity contribution is -0.163. The Morgan fingerprint density at radius 2 is 2.45 bits per heavy atom. The van der Waals surface area contributed by atoms with Crippen molar-refractivity contribution in [2.24, 2.45) is 5.92 Å². The number of hydrogen-bond donors (Lipinski definition) is 2. The molecule has 2 amide bonds. The summed E-state index contributed by atoms with van der Waals surface area (Å²) in [6.07, 6.45) is 0.184. The van der Waals surface area contributed by atoms with E-state index in [1.54, 1.807) is 0 Å². The number of hydroxylamine groups is 2. The zero-order valence-electron chi connectivity index (χ0n) is 6.20. The predicted molar refractivity (Wildman–Crippen MR) is 35.7 cm³/mol. The molecule has 5 nitrogen and oxygen atoms in total. The highest BCUT2D eigenvalue weighted by Gasteiger charge is 2.29. The van der Waals surface area contributed by atoms with E-state index >= 15 is 0 Å². The van der Waals surface area contributed by atoms with Crippen LogP contribution in [0, 0.1) is 5.92 Å². The third-order valence-electron chi connectivity index (χ3n) is 1.65. The van der Waals surface area contributed by atoms with E-state index < -0.39 is 11.8 Å². The third kappa shape index (κ3) is 1.68. The summed E-state index contributed by atoms with van der Waals surface area (Å²) in [7, 11) is 1.26. The van der Waals surface area contributed by atoms with Gasteiger partial charge >= 0.3 is 0 Å². The Balaban J connectivity index is 2.50. The largest absolute Gasteiger partial charge is 0.355 e. The van der Waals surface area contributed by atoms with Gasteiger partial charge in [-0.05, 0) is 0 Å². The van der Waals surface area contributed by atoms with Gasteiger partial charge in [-0.15, -0.1) is 0 Å². The second-order valence-electron chi connectivity index (χ2n) is 2.57. The van der Waals surface area contributed by atoms with Crippen LogP contribution in [-0.4, -0.2) is 35.7 Å². The minimum atomic E-state index is -0.414. The molecule has 1 rings (SSSR count). The van der Waals surface area contributed by atoms with Crippen molar-refractivity contribution in [2.45, 2.75) is 6.42 Å². The number of hydrogen-bond acceptors (Lipinski definition) is 3. The van der Waals surface area contributed by atoms with E-state index in [1.165, 1.54) is 7.05 Å². The van der Waals surface area contributed by atoms with E-state index in [9.17, 15) is 9.59 Å². The molecule has 1 aliphatic heterocycles. The van der Waals surface area contributed by atoms with Crippen molar-refractivity contribution in [2.75, 3.05) is 13.6 Å². The van der Waals surface area contributed by atoms with E-state index in [1.807, 2.05) is 0 Å². The van der Waals surface area contributed by atoms with Gasteiger partial charge in [0.15, 0.2) is 0 Å². The lowest BCUT2D eigenvalue weighted by Gasteiger charge is -2.11. The van der Waals surface area contributed by atoms with Crippen molar-refractivity contribution in [1.29, 1.82) is 0 Å². The van der Waals surface area contributed by atoms with Gasteiger partial charge in [-0.3, -0.25) is 14.8 Å². The zero-order chi connectivity index (χ0) is 8.43. The highest BCUT2D eigenvalue weighted by atomic mass is 16.5. The third-order valence-corrected chi connectivity index (χ3v) is 1.65. The predicted octanol–water partition coefficient (Wildman–Crippen LogP) is -1.03. The van der Waals surface area contributed by atoms with E-state index in [4.69, 9.17) is 5.21 Å². The van der Waals surface area contributed by atoms with Gasteiger partial charge in [0.1, 0.15) is 0 Å². The van der Waals surface area contributed by atoms with Crippen LogP contribution in [0.1, 0.15) is 6.42 Å². The SMILES string of the molecule is CN(O)C(=O)C1CNC(=O)C1. The van der Waals surface area contributed by atoms with Gasteiger partial charge in [0, 0.05) is 20.0 Å². The van der Waals surface area contributed by atoms with Gasteiger partial charge in [-0.25, -0.2) is 5.06 Å². The molecule has 0 radical (unpaired) electrons. The van der Waals surface area contributed by atoms with E-state index in [0.717, 1.165) is 0 Å². The minimum Gasteiger partial charge on any atom is -0.355 e. The van der Waals surface area contributed by atoms with E-state index in [2.05, 4.69) is 5.32 Å². The van der Waals surface area contributed by atoms with Crippen molar-refractivity contribution in [3.63, 3.8) is 0 Å². The van der Waals surface area contributed by atoms with Gasteiger partial charge in [0.2, 0.25) is 5.91 Å². The van der Waals surface area contributed by atoms with Gasteiger partial charge in [-0.1, -0.05) is 0 Å². The summed E-state index contributed by atoms with van der Waals surface area (Å²) in [5.74, 6) is -0.939. The quantitative estimate of drug-likeness (QED) is 0.378. The molecule has 11 heavy (non-hydrogen) atoms. The molecule has 0 aromatic rings. The maximum absolute atomic E-state index is 11.0. The first-order chi connectivity index (χ1) is 5.11. The van der Waals surface area contributed by atoms with Crippen LogP contribution in [0.3, 0.4) is 0 Å². The fourth-order valence-corrected chi connectivity index (χ4v) is 1.04. The Morgan fingerprint density at radius 3 is 2.82 bits per heavy atom. The molecule has 1 fully saturated rings. The first kappa shape index (κ1) is 8.00. The molecule has 0 spiro atoms. The molecule has 0 bridgehead atoms. The van der Waals surface area contributed by atoms with Crippen molar-refractivity contribution in [3.05, 3.63) is 0 Å². The first-order valence-electron chi connectivity index (χ1n) is 3.34. The van der Waals surface area contributed by atoms with Gasteiger partial charge < -0.3 is 5.32 Å². The molecule has 1 aliphatic rings. The highest BCUT2D eigenvalue weighted by Crippen LogP contribution is 2.10. The maximum Gasteiger partial charge on any atom is 0.251 e. The van der Waals surface area contributed by atoms with E-state index in [0.29, 0.717) is 11.6 Å². The van der Waals surface area contributed by atoms with Gasteiger partial charge in [0.25, 0.3) is 5.91 Å². The molecule has 1 saturated heterocycles. The molecule has 5 heteroatoms. The molecule has 0 aromatic heterocycles. The van der Waals surface area contributed by atoms with Crippen molar-refractivity contribution >= 4 is 11.8 Å². The Labute approximate surface area is 63.9 Å². The summed E-state index contributed by atoms with van der Waals surface area (Å²) in [6.45, 7) is 0.336. The number of carbonyl (C=O) groups is 2. The Morgan fingerprint density at radius 1 is 1.82 bits per heavy atom. The van der Waals surface area contributed by atoms with E-state index in [-0.39, 0.29) is 12.3 Å². The minimum absolute atomic E-state index is 0.134.